The van der Waals surface area contributed by atoms with Crippen LogP contribution in [-0.4, -0.2) is 25.0 Å². The molecule has 0 atom stereocenters. The number of hydrogen-bond donors (Lipinski definition) is 1. The molecule has 0 radical (unpaired) electrons. The fourth-order valence-electron chi connectivity index (χ4n) is 2.99. The normalized spacial score (nSPS) is 10.7. The van der Waals surface area contributed by atoms with Crippen molar-refractivity contribution < 1.29 is 19.1 Å². The molecule has 160 valence electrons. The molecule has 1 amide bonds. The second-order valence-electron chi connectivity index (χ2n) is 7.61. The van der Waals surface area contributed by atoms with Crippen molar-refractivity contribution in [3.63, 3.8) is 0 Å². The fourth-order valence-corrected chi connectivity index (χ4v) is 2.99. The number of carbonyl (C=O) groups excluding carboxylic acids is 2. The third-order valence-electron chi connectivity index (χ3n) is 4.58. The third-order valence-corrected chi connectivity index (χ3v) is 4.58. The molecule has 0 fully saturated rings. The number of nitrogens with one attached hydrogen (secondary N) is 1. The van der Waals surface area contributed by atoms with Crippen LogP contribution in [-0.2, 0) is 4.74 Å². The lowest BCUT2D eigenvalue weighted by molar-refractivity contribution is 0.0953. The summed E-state index contributed by atoms with van der Waals surface area (Å²) >= 11 is 0. The van der Waals surface area contributed by atoms with Crippen LogP contribution >= 0.6 is 0 Å². The lowest BCUT2D eigenvalue weighted by Gasteiger charge is -2.19. The standard InChI is InChI=1S/C26H27NO4/c1-19(2)18-30-23-15-13-20(14-16-23)24(28)17-27-26(29)31-25(21-9-5-3-6-10-21)22-11-7-4-8-12-22/h3-16,19,25H,17-18H2,1-2H3,(H,27,29). The van der Waals surface area contributed by atoms with Gasteiger partial charge < -0.3 is 14.8 Å². The van der Waals surface area contributed by atoms with Gasteiger partial charge in [-0.1, -0.05) is 74.5 Å². The Bertz CT molecular complexity index is 930. The fraction of sp³-hybridized carbons (Fsp3) is 0.231. The van der Waals surface area contributed by atoms with Crippen molar-refractivity contribution >= 4 is 11.9 Å². The van der Waals surface area contributed by atoms with Gasteiger partial charge in [0.2, 0.25) is 0 Å². The van der Waals surface area contributed by atoms with Gasteiger partial charge in [0, 0.05) is 5.56 Å². The van der Waals surface area contributed by atoms with E-state index in [1.165, 1.54) is 0 Å². The summed E-state index contributed by atoms with van der Waals surface area (Å²) in [5, 5.41) is 2.56. The van der Waals surface area contributed by atoms with E-state index in [1.807, 2.05) is 60.7 Å². The van der Waals surface area contributed by atoms with Gasteiger partial charge in [0.1, 0.15) is 5.75 Å². The number of benzene rings is 3. The van der Waals surface area contributed by atoms with Crippen LogP contribution in [0.25, 0.3) is 0 Å². The van der Waals surface area contributed by atoms with Crippen molar-refractivity contribution in [2.75, 3.05) is 13.2 Å². The van der Waals surface area contributed by atoms with Crippen LogP contribution in [0.4, 0.5) is 4.79 Å². The molecule has 0 aliphatic rings. The Morgan fingerprint density at radius 2 is 1.35 bits per heavy atom. The number of hydrogen-bond acceptors (Lipinski definition) is 4. The summed E-state index contributed by atoms with van der Waals surface area (Å²) in [4.78, 5) is 24.9. The van der Waals surface area contributed by atoms with Gasteiger partial charge in [-0.2, -0.15) is 0 Å². The zero-order chi connectivity index (χ0) is 22.1. The van der Waals surface area contributed by atoms with Crippen LogP contribution in [0.5, 0.6) is 5.75 Å². The Morgan fingerprint density at radius 3 is 1.87 bits per heavy atom. The summed E-state index contributed by atoms with van der Waals surface area (Å²) in [5.41, 5.74) is 2.21. The summed E-state index contributed by atoms with van der Waals surface area (Å²) in [7, 11) is 0. The van der Waals surface area contributed by atoms with Gasteiger partial charge in [-0.05, 0) is 41.3 Å². The van der Waals surface area contributed by atoms with E-state index in [1.54, 1.807) is 24.3 Å². The first-order valence-electron chi connectivity index (χ1n) is 10.3. The number of rotatable bonds is 9. The quantitative estimate of drug-likeness (QED) is 0.472. The Morgan fingerprint density at radius 1 is 0.806 bits per heavy atom. The summed E-state index contributed by atoms with van der Waals surface area (Å²) in [6.45, 7) is 4.61. The highest BCUT2D eigenvalue weighted by atomic mass is 16.6. The molecule has 0 spiro atoms. The molecule has 0 saturated heterocycles. The number of amides is 1. The minimum Gasteiger partial charge on any atom is -0.493 e. The van der Waals surface area contributed by atoms with Gasteiger partial charge >= 0.3 is 6.09 Å². The van der Waals surface area contributed by atoms with Gasteiger partial charge in [0.25, 0.3) is 0 Å². The lowest BCUT2D eigenvalue weighted by Crippen LogP contribution is -2.31. The number of carbonyl (C=O) groups is 2. The largest absolute Gasteiger partial charge is 0.493 e. The zero-order valence-electron chi connectivity index (χ0n) is 17.8. The van der Waals surface area contributed by atoms with Gasteiger partial charge in [-0.3, -0.25) is 4.79 Å². The SMILES string of the molecule is CC(C)COc1ccc(C(=O)CNC(=O)OC(c2ccccc2)c2ccccc2)cc1. The molecule has 0 saturated carbocycles. The zero-order valence-corrected chi connectivity index (χ0v) is 17.8. The van der Waals surface area contributed by atoms with E-state index in [0.717, 1.165) is 11.1 Å². The molecule has 1 N–H and O–H groups in total. The number of ether oxygens (including phenoxy) is 2. The monoisotopic (exact) mass is 417 g/mol. The Balaban J connectivity index is 1.58. The van der Waals surface area contributed by atoms with E-state index in [-0.39, 0.29) is 12.3 Å². The van der Waals surface area contributed by atoms with Crippen molar-refractivity contribution in [3.05, 3.63) is 102 Å². The molecule has 0 aromatic heterocycles. The molecular formula is C26H27NO4. The highest BCUT2D eigenvalue weighted by molar-refractivity contribution is 5.99. The molecule has 0 aliphatic carbocycles. The molecule has 3 aromatic carbocycles. The van der Waals surface area contributed by atoms with E-state index >= 15 is 0 Å². The Kier molecular flexibility index (Phi) is 7.82. The van der Waals surface area contributed by atoms with Crippen LogP contribution in [0.2, 0.25) is 0 Å². The topological polar surface area (TPSA) is 64.6 Å². The van der Waals surface area contributed by atoms with Crippen molar-refractivity contribution in [2.24, 2.45) is 5.92 Å². The van der Waals surface area contributed by atoms with Gasteiger partial charge in [0.05, 0.1) is 13.2 Å². The van der Waals surface area contributed by atoms with Crippen LogP contribution in [0.1, 0.15) is 41.4 Å². The minimum absolute atomic E-state index is 0.151. The highest BCUT2D eigenvalue weighted by Crippen LogP contribution is 2.25. The van der Waals surface area contributed by atoms with Crippen molar-refractivity contribution in [1.29, 1.82) is 0 Å². The highest BCUT2D eigenvalue weighted by Gasteiger charge is 2.19. The van der Waals surface area contributed by atoms with Gasteiger partial charge in [0.15, 0.2) is 11.9 Å². The second-order valence-corrected chi connectivity index (χ2v) is 7.61. The first-order valence-corrected chi connectivity index (χ1v) is 10.3. The molecule has 3 rings (SSSR count). The number of Topliss-reactive ketones (excluding diaryl/α,β-unsaturated/α-hetero) is 1. The van der Waals surface area contributed by atoms with Crippen LogP contribution in [0.15, 0.2) is 84.9 Å². The number of alkyl carbamates (subject to hydrolysis) is 1. The summed E-state index contributed by atoms with van der Waals surface area (Å²) in [6.07, 6.45) is -1.21. The second kappa shape index (κ2) is 11.0. The summed E-state index contributed by atoms with van der Waals surface area (Å²) < 4.78 is 11.3. The van der Waals surface area contributed by atoms with Crippen LogP contribution in [0.3, 0.4) is 0 Å². The lowest BCUT2D eigenvalue weighted by atomic mass is 10.0. The van der Waals surface area contributed by atoms with E-state index < -0.39 is 12.2 Å². The average molecular weight is 418 g/mol. The Labute approximate surface area is 183 Å². The molecular weight excluding hydrogens is 390 g/mol. The molecule has 3 aromatic rings. The van der Waals surface area contributed by atoms with Gasteiger partial charge in [-0.25, -0.2) is 4.79 Å². The van der Waals surface area contributed by atoms with Crippen LogP contribution < -0.4 is 10.1 Å². The van der Waals surface area contributed by atoms with E-state index in [4.69, 9.17) is 9.47 Å². The van der Waals surface area contributed by atoms with Gasteiger partial charge in [-0.15, -0.1) is 0 Å². The van der Waals surface area contributed by atoms with Crippen molar-refractivity contribution in [2.45, 2.75) is 20.0 Å². The molecule has 5 heteroatoms. The minimum atomic E-state index is -0.650. The summed E-state index contributed by atoms with van der Waals surface area (Å²) in [5.74, 6) is 0.932. The van der Waals surface area contributed by atoms with E-state index in [0.29, 0.717) is 23.8 Å². The summed E-state index contributed by atoms with van der Waals surface area (Å²) in [6, 6.07) is 25.9. The molecule has 0 unspecified atom stereocenters. The molecule has 0 aliphatic heterocycles. The number of ketones is 1. The maximum Gasteiger partial charge on any atom is 0.408 e. The van der Waals surface area contributed by atoms with Crippen LogP contribution in [0, 0.1) is 5.92 Å². The first-order chi connectivity index (χ1) is 15.0. The predicted molar refractivity (Wildman–Crippen MR) is 120 cm³/mol. The first kappa shape index (κ1) is 22.1. The van der Waals surface area contributed by atoms with Crippen molar-refractivity contribution in [1.82, 2.24) is 5.32 Å². The van der Waals surface area contributed by atoms with E-state index in [9.17, 15) is 9.59 Å². The van der Waals surface area contributed by atoms with Crippen molar-refractivity contribution in [3.8, 4) is 5.75 Å². The molecule has 0 bridgehead atoms. The molecule has 0 heterocycles. The average Bonchev–Trinajstić information content (AvgIpc) is 2.81. The maximum atomic E-state index is 12.4. The Hall–Kier alpha value is -3.60. The predicted octanol–water partition coefficient (Wildman–Crippen LogP) is 5.42. The molecule has 5 nitrogen and oxygen atoms in total. The smallest absolute Gasteiger partial charge is 0.408 e. The molecule has 31 heavy (non-hydrogen) atoms. The third kappa shape index (κ3) is 6.71. The maximum absolute atomic E-state index is 12.4. The van der Waals surface area contributed by atoms with E-state index in [2.05, 4.69) is 19.2 Å².